The van der Waals surface area contributed by atoms with Crippen LogP contribution in [0.1, 0.15) is 16.1 Å². The molecule has 4 nitrogen and oxygen atoms in total. The third-order valence-electron chi connectivity index (χ3n) is 1.58. The average Bonchev–Trinajstić information content (AvgIpc) is 2.13. The van der Waals surface area contributed by atoms with Crippen molar-refractivity contribution in [3.8, 4) is 0 Å². The largest absolute Gasteiger partial charge is 0.476 e. The zero-order valence-electron chi connectivity index (χ0n) is 6.92. The van der Waals surface area contributed by atoms with Crippen molar-refractivity contribution in [1.29, 1.82) is 0 Å². The number of anilines is 1. The smallest absolute Gasteiger partial charge is 0.355 e. The Morgan fingerprint density at radius 2 is 2.14 bits per heavy atom. The van der Waals surface area contributed by atoms with Gasteiger partial charge in [-0.15, -0.1) is 0 Å². The predicted molar refractivity (Wildman–Crippen MR) is 55.7 cm³/mol. The SMILES string of the molecule is C=Cc1c(C(=O)O)nc(Cl)c(Cl)c1N. The first-order valence-corrected chi connectivity index (χ1v) is 4.24. The van der Waals surface area contributed by atoms with E-state index in [1.807, 2.05) is 0 Å². The molecule has 0 saturated heterocycles. The minimum atomic E-state index is -1.23. The Hall–Kier alpha value is -1.26. The van der Waals surface area contributed by atoms with E-state index in [9.17, 15) is 4.79 Å². The van der Waals surface area contributed by atoms with Crippen LogP contribution >= 0.6 is 23.2 Å². The van der Waals surface area contributed by atoms with Crippen molar-refractivity contribution in [3.05, 3.63) is 28.0 Å². The highest BCUT2D eigenvalue weighted by atomic mass is 35.5. The molecule has 0 amide bonds. The van der Waals surface area contributed by atoms with E-state index in [0.29, 0.717) is 0 Å². The number of nitrogens with zero attached hydrogens (tertiary/aromatic N) is 1. The molecule has 0 unspecified atom stereocenters. The summed E-state index contributed by atoms with van der Waals surface area (Å²) >= 11 is 11.2. The predicted octanol–water partition coefficient (Wildman–Crippen LogP) is 2.31. The van der Waals surface area contributed by atoms with E-state index in [1.165, 1.54) is 6.08 Å². The Kier molecular flexibility index (Phi) is 2.98. The van der Waals surface area contributed by atoms with Gasteiger partial charge in [0.1, 0.15) is 5.02 Å². The molecule has 0 aliphatic heterocycles. The number of carboxylic acids is 1. The van der Waals surface area contributed by atoms with Gasteiger partial charge in [-0.1, -0.05) is 35.9 Å². The lowest BCUT2D eigenvalue weighted by Crippen LogP contribution is -2.07. The van der Waals surface area contributed by atoms with Gasteiger partial charge in [0.25, 0.3) is 0 Å². The molecule has 14 heavy (non-hydrogen) atoms. The molecule has 0 radical (unpaired) electrons. The molecular formula is C8H6Cl2N2O2. The summed E-state index contributed by atoms with van der Waals surface area (Å²) in [6.45, 7) is 3.42. The number of carbonyl (C=O) groups is 1. The van der Waals surface area contributed by atoms with Crippen LogP contribution in [-0.4, -0.2) is 16.1 Å². The fourth-order valence-corrected chi connectivity index (χ4v) is 1.26. The zero-order chi connectivity index (χ0) is 10.9. The molecule has 1 heterocycles. The molecule has 0 aromatic carbocycles. The highest BCUT2D eigenvalue weighted by Crippen LogP contribution is 2.31. The Morgan fingerprint density at radius 3 is 2.57 bits per heavy atom. The number of rotatable bonds is 2. The van der Waals surface area contributed by atoms with E-state index < -0.39 is 5.97 Å². The van der Waals surface area contributed by atoms with E-state index in [2.05, 4.69) is 11.6 Å². The van der Waals surface area contributed by atoms with E-state index in [0.717, 1.165) is 0 Å². The number of aromatic nitrogens is 1. The third-order valence-corrected chi connectivity index (χ3v) is 2.33. The van der Waals surface area contributed by atoms with Crippen LogP contribution in [0.3, 0.4) is 0 Å². The van der Waals surface area contributed by atoms with Gasteiger partial charge in [-0.2, -0.15) is 0 Å². The van der Waals surface area contributed by atoms with Gasteiger partial charge in [0.15, 0.2) is 10.8 Å². The zero-order valence-corrected chi connectivity index (χ0v) is 8.43. The van der Waals surface area contributed by atoms with Crippen molar-refractivity contribution in [3.63, 3.8) is 0 Å². The Morgan fingerprint density at radius 1 is 1.57 bits per heavy atom. The van der Waals surface area contributed by atoms with Gasteiger partial charge >= 0.3 is 5.97 Å². The monoisotopic (exact) mass is 232 g/mol. The lowest BCUT2D eigenvalue weighted by Gasteiger charge is -2.07. The molecule has 0 atom stereocenters. The Labute approximate surface area is 90.0 Å². The third kappa shape index (κ3) is 1.66. The first-order chi connectivity index (χ1) is 6.49. The number of carboxylic acid groups (broad SMARTS) is 1. The molecule has 0 saturated carbocycles. The van der Waals surface area contributed by atoms with Crippen LogP contribution in [0.4, 0.5) is 5.69 Å². The first-order valence-electron chi connectivity index (χ1n) is 3.49. The molecule has 0 aliphatic carbocycles. The van der Waals surface area contributed by atoms with Gasteiger partial charge in [-0.25, -0.2) is 9.78 Å². The maximum atomic E-state index is 10.7. The number of pyridine rings is 1. The van der Waals surface area contributed by atoms with Crippen molar-refractivity contribution in [2.75, 3.05) is 5.73 Å². The molecular weight excluding hydrogens is 227 g/mol. The van der Waals surface area contributed by atoms with Gasteiger partial charge in [0.2, 0.25) is 0 Å². The molecule has 0 bridgehead atoms. The molecule has 1 aromatic heterocycles. The van der Waals surface area contributed by atoms with Crippen molar-refractivity contribution in [2.45, 2.75) is 0 Å². The van der Waals surface area contributed by atoms with Crippen LogP contribution in [0, 0.1) is 0 Å². The molecule has 3 N–H and O–H groups in total. The van der Waals surface area contributed by atoms with Crippen LogP contribution < -0.4 is 5.73 Å². The summed E-state index contributed by atoms with van der Waals surface area (Å²) in [6, 6.07) is 0. The lowest BCUT2D eigenvalue weighted by molar-refractivity contribution is 0.0690. The van der Waals surface area contributed by atoms with Gasteiger partial charge in [-0.05, 0) is 0 Å². The van der Waals surface area contributed by atoms with E-state index in [-0.39, 0.29) is 27.1 Å². The van der Waals surface area contributed by atoms with Crippen molar-refractivity contribution >= 4 is 40.9 Å². The fraction of sp³-hybridized carbons (Fsp3) is 0. The summed E-state index contributed by atoms with van der Waals surface area (Å²) in [6.07, 6.45) is 1.27. The topological polar surface area (TPSA) is 76.2 Å². The fourth-order valence-electron chi connectivity index (χ4n) is 0.934. The van der Waals surface area contributed by atoms with Crippen molar-refractivity contribution in [1.82, 2.24) is 4.98 Å². The summed E-state index contributed by atoms with van der Waals surface area (Å²) in [5.74, 6) is -1.23. The summed E-state index contributed by atoms with van der Waals surface area (Å²) in [5.41, 5.74) is 5.53. The molecule has 0 aliphatic rings. The summed E-state index contributed by atoms with van der Waals surface area (Å²) in [4.78, 5) is 14.3. The van der Waals surface area contributed by atoms with Crippen molar-refractivity contribution < 1.29 is 9.90 Å². The van der Waals surface area contributed by atoms with Crippen LogP contribution in [0.2, 0.25) is 10.2 Å². The summed E-state index contributed by atoms with van der Waals surface area (Å²) in [5, 5.41) is 8.67. The normalized spacial score (nSPS) is 9.86. The second kappa shape index (κ2) is 3.86. The Balaban J connectivity index is 3.59. The number of hydrogen-bond acceptors (Lipinski definition) is 3. The van der Waals surface area contributed by atoms with Crippen LogP contribution in [-0.2, 0) is 0 Å². The van der Waals surface area contributed by atoms with E-state index in [1.54, 1.807) is 0 Å². The number of nitrogens with two attached hydrogens (primary N) is 1. The molecule has 0 spiro atoms. The maximum Gasteiger partial charge on any atom is 0.355 e. The van der Waals surface area contributed by atoms with E-state index >= 15 is 0 Å². The molecule has 1 rings (SSSR count). The van der Waals surface area contributed by atoms with Gasteiger partial charge in [0, 0.05) is 5.56 Å². The van der Waals surface area contributed by atoms with Crippen LogP contribution in [0.15, 0.2) is 6.58 Å². The summed E-state index contributed by atoms with van der Waals surface area (Å²) < 4.78 is 0. The van der Waals surface area contributed by atoms with Crippen molar-refractivity contribution in [2.24, 2.45) is 0 Å². The number of halogens is 2. The first kappa shape index (κ1) is 10.8. The highest BCUT2D eigenvalue weighted by Gasteiger charge is 2.17. The quantitative estimate of drug-likeness (QED) is 0.768. The standard InChI is InChI=1S/C8H6Cl2N2O2/c1-2-3-5(11)4(9)7(10)12-6(3)8(13)14/h2H,1H2,(H2,11,12)(H,13,14). The average molecular weight is 233 g/mol. The maximum absolute atomic E-state index is 10.7. The summed E-state index contributed by atoms with van der Waals surface area (Å²) in [7, 11) is 0. The molecule has 74 valence electrons. The molecule has 1 aromatic rings. The molecule has 0 fully saturated rings. The lowest BCUT2D eigenvalue weighted by atomic mass is 10.1. The highest BCUT2D eigenvalue weighted by molar-refractivity contribution is 6.43. The van der Waals surface area contributed by atoms with Crippen LogP contribution in [0.5, 0.6) is 0 Å². The number of hydrogen-bond donors (Lipinski definition) is 2. The number of aromatic carboxylic acids is 1. The van der Waals surface area contributed by atoms with E-state index in [4.69, 9.17) is 34.0 Å². The Bertz CT molecular complexity index is 418. The minimum Gasteiger partial charge on any atom is -0.476 e. The minimum absolute atomic E-state index is 0.0339. The van der Waals surface area contributed by atoms with Gasteiger partial charge in [0.05, 0.1) is 5.69 Å². The number of nitrogen functional groups attached to an aromatic ring is 1. The van der Waals surface area contributed by atoms with Crippen LogP contribution in [0.25, 0.3) is 6.08 Å². The van der Waals surface area contributed by atoms with Gasteiger partial charge in [-0.3, -0.25) is 0 Å². The molecule has 6 heteroatoms. The second-order valence-corrected chi connectivity index (χ2v) is 3.14. The van der Waals surface area contributed by atoms with Gasteiger partial charge < -0.3 is 10.8 Å². The second-order valence-electron chi connectivity index (χ2n) is 2.40.